The number of hydrogen-bond acceptors (Lipinski definition) is 4. The van der Waals surface area contributed by atoms with Gasteiger partial charge in [0.05, 0.1) is 0 Å². The zero-order valence-corrected chi connectivity index (χ0v) is 14.9. The van der Waals surface area contributed by atoms with Crippen LogP contribution in [0.2, 0.25) is 0 Å². The number of ether oxygens (including phenoxy) is 1. The zero-order chi connectivity index (χ0) is 18.1. The van der Waals surface area contributed by atoms with E-state index in [1.54, 1.807) is 0 Å². The van der Waals surface area contributed by atoms with Gasteiger partial charge in [0, 0.05) is 18.2 Å². The van der Waals surface area contributed by atoms with Crippen LogP contribution >= 0.6 is 0 Å². The van der Waals surface area contributed by atoms with Gasteiger partial charge in [0.1, 0.15) is 5.75 Å². The summed E-state index contributed by atoms with van der Waals surface area (Å²) in [5.74, 6) is 0.917. The molecule has 0 saturated heterocycles. The number of rotatable bonds is 8. The van der Waals surface area contributed by atoms with E-state index in [9.17, 15) is 9.59 Å². The van der Waals surface area contributed by atoms with Crippen molar-refractivity contribution >= 4 is 11.9 Å². The second-order valence-electron chi connectivity index (χ2n) is 6.83. The number of amides is 3. The number of primary amides is 1. The number of carbonyl (C=O) groups excluding carboxylic acids is 2. The van der Waals surface area contributed by atoms with Gasteiger partial charge in [-0.15, -0.1) is 0 Å². The molecule has 1 aromatic rings. The molecule has 1 aliphatic rings. The average molecular weight is 347 g/mol. The van der Waals surface area contributed by atoms with Gasteiger partial charge in [0.2, 0.25) is 0 Å². The fraction of sp³-hybridized carbons (Fsp3) is 0.579. The first-order valence-electron chi connectivity index (χ1n) is 9.08. The SMILES string of the molecule is CC(CC1CCCCC1)NCc1ccccc1OCC(=O)NC(N)=O. The minimum Gasteiger partial charge on any atom is -0.483 e. The number of nitrogens with one attached hydrogen (secondary N) is 2. The molecule has 0 aliphatic heterocycles. The Balaban J connectivity index is 1.80. The predicted octanol–water partition coefficient (Wildman–Crippen LogP) is 2.71. The molecule has 6 heteroatoms. The maximum atomic E-state index is 11.5. The Hall–Kier alpha value is -2.08. The summed E-state index contributed by atoms with van der Waals surface area (Å²) in [7, 11) is 0. The van der Waals surface area contributed by atoms with E-state index in [-0.39, 0.29) is 6.61 Å². The fourth-order valence-corrected chi connectivity index (χ4v) is 3.40. The van der Waals surface area contributed by atoms with Crippen molar-refractivity contribution in [2.45, 2.75) is 58.0 Å². The van der Waals surface area contributed by atoms with Crippen LogP contribution in [0.4, 0.5) is 4.79 Å². The van der Waals surface area contributed by atoms with Crippen LogP contribution < -0.4 is 21.1 Å². The number of para-hydroxylation sites is 1. The highest BCUT2D eigenvalue weighted by molar-refractivity contribution is 5.94. The molecular formula is C19H29N3O3. The number of urea groups is 1. The van der Waals surface area contributed by atoms with E-state index in [1.165, 1.54) is 38.5 Å². The fourth-order valence-electron chi connectivity index (χ4n) is 3.40. The average Bonchev–Trinajstić information content (AvgIpc) is 2.59. The van der Waals surface area contributed by atoms with E-state index in [4.69, 9.17) is 10.5 Å². The molecule has 0 radical (unpaired) electrons. The normalized spacial score (nSPS) is 16.2. The van der Waals surface area contributed by atoms with E-state index in [0.29, 0.717) is 18.3 Å². The van der Waals surface area contributed by atoms with Gasteiger partial charge in [0.25, 0.3) is 5.91 Å². The molecule has 25 heavy (non-hydrogen) atoms. The Bertz CT molecular complexity index is 571. The van der Waals surface area contributed by atoms with Crippen LogP contribution in [-0.2, 0) is 11.3 Å². The number of nitrogens with two attached hydrogens (primary N) is 1. The lowest BCUT2D eigenvalue weighted by atomic mass is 9.85. The van der Waals surface area contributed by atoms with Crippen LogP contribution in [0.15, 0.2) is 24.3 Å². The van der Waals surface area contributed by atoms with E-state index in [1.807, 2.05) is 29.6 Å². The van der Waals surface area contributed by atoms with Crippen molar-refractivity contribution in [1.29, 1.82) is 0 Å². The van der Waals surface area contributed by atoms with Crippen molar-refractivity contribution in [3.63, 3.8) is 0 Å². The van der Waals surface area contributed by atoms with Crippen molar-refractivity contribution in [1.82, 2.24) is 10.6 Å². The lowest BCUT2D eigenvalue weighted by Gasteiger charge is -2.25. The number of benzene rings is 1. The molecule has 1 fully saturated rings. The Kier molecular flexibility index (Phi) is 7.73. The van der Waals surface area contributed by atoms with Crippen molar-refractivity contribution in [2.75, 3.05) is 6.61 Å². The monoisotopic (exact) mass is 347 g/mol. The molecule has 4 N–H and O–H groups in total. The molecule has 1 aromatic carbocycles. The summed E-state index contributed by atoms with van der Waals surface area (Å²) in [5.41, 5.74) is 5.90. The quantitative estimate of drug-likeness (QED) is 0.674. The van der Waals surface area contributed by atoms with Gasteiger partial charge in [-0.2, -0.15) is 0 Å². The second-order valence-corrected chi connectivity index (χ2v) is 6.83. The van der Waals surface area contributed by atoms with Gasteiger partial charge in [-0.3, -0.25) is 10.1 Å². The zero-order valence-electron chi connectivity index (χ0n) is 14.9. The molecule has 1 atom stereocenters. The van der Waals surface area contributed by atoms with Crippen LogP contribution in [0, 0.1) is 5.92 Å². The Morgan fingerprint density at radius 1 is 1.24 bits per heavy atom. The lowest BCUT2D eigenvalue weighted by Crippen LogP contribution is -2.38. The number of hydrogen-bond donors (Lipinski definition) is 3. The smallest absolute Gasteiger partial charge is 0.318 e. The van der Waals surface area contributed by atoms with Crippen molar-refractivity contribution < 1.29 is 14.3 Å². The Morgan fingerprint density at radius 3 is 2.68 bits per heavy atom. The van der Waals surface area contributed by atoms with Gasteiger partial charge in [-0.25, -0.2) is 4.79 Å². The first-order valence-corrected chi connectivity index (χ1v) is 9.08. The van der Waals surface area contributed by atoms with Gasteiger partial charge in [-0.05, 0) is 25.3 Å². The first-order chi connectivity index (χ1) is 12.0. The third-order valence-corrected chi connectivity index (χ3v) is 4.65. The maximum Gasteiger partial charge on any atom is 0.318 e. The van der Waals surface area contributed by atoms with E-state index >= 15 is 0 Å². The third-order valence-electron chi connectivity index (χ3n) is 4.65. The predicted molar refractivity (Wildman–Crippen MR) is 97.2 cm³/mol. The largest absolute Gasteiger partial charge is 0.483 e. The highest BCUT2D eigenvalue weighted by atomic mass is 16.5. The number of carbonyl (C=O) groups is 2. The summed E-state index contributed by atoms with van der Waals surface area (Å²) in [5, 5.41) is 5.54. The molecule has 2 rings (SSSR count). The van der Waals surface area contributed by atoms with Crippen LogP contribution in [0.5, 0.6) is 5.75 Å². The van der Waals surface area contributed by atoms with Crippen molar-refractivity contribution in [2.24, 2.45) is 11.7 Å². The molecular weight excluding hydrogens is 318 g/mol. The highest BCUT2D eigenvalue weighted by Gasteiger charge is 2.16. The molecule has 1 unspecified atom stereocenters. The molecule has 0 aromatic heterocycles. The van der Waals surface area contributed by atoms with Crippen LogP contribution in [0.1, 0.15) is 51.0 Å². The minimum atomic E-state index is -0.875. The van der Waals surface area contributed by atoms with Crippen molar-refractivity contribution in [3.8, 4) is 5.75 Å². The lowest BCUT2D eigenvalue weighted by molar-refractivity contribution is -0.121. The summed E-state index contributed by atoms with van der Waals surface area (Å²) in [6.07, 6.45) is 8.00. The van der Waals surface area contributed by atoms with Gasteiger partial charge in [-0.1, -0.05) is 50.3 Å². The summed E-state index contributed by atoms with van der Waals surface area (Å²) in [6, 6.07) is 7.16. The second kappa shape index (κ2) is 10.0. The number of imide groups is 1. The van der Waals surface area contributed by atoms with Gasteiger partial charge in [0.15, 0.2) is 6.61 Å². The van der Waals surface area contributed by atoms with Gasteiger partial charge < -0.3 is 15.8 Å². The van der Waals surface area contributed by atoms with Crippen LogP contribution in [-0.4, -0.2) is 24.6 Å². The molecule has 138 valence electrons. The molecule has 6 nitrogen and oxygen atoms in total. The summed E-state index contributed by atoms with van der Waals surface area (Å²) < 4.78 is 5.52. The molecule has 0 bridgehead atoms. The maximum absolute atomic E-state index is 11.5. The Morgan fingerprint density at radius 2 is 1.96 bits per heavy atom. The standard InChI is InChI=1S/C19H29N3O3/c1-14(11-15-7-3-2-4-8-15)21-12-16-9-5-6-10-17(16)25-13-18(23)22-19(20)24/h5-6,9-10,14-15,21H,2-4,7-8,11-13H2,1H3,(H3,20,22,23,24). The summed E-state index contributed by atoms with van der Waals surface area (Å²) in [6.45, 7) is 2.66. The summed E-state index contributed by atoms with van der Waals surface area (Å²) >= 11 is 0. The summed E-state index contributed by atoms with van der Waals surface area (Å²) in [4.78, 5) is 22.1. The molecule has 1 aliphatic carbocycles. The minimum absolute atomic E-state index is 0.239. The molecule has 0 spiro atoms. The van der Waals surface area contributed by atoms with Crippen LogP contribution in [0.25, 0.3) is 0 Å². The first kappa shape index (κ1) is 19.2. The third kappa shape index (κ3) is 7.13. The van der Waals surface area contributed by atoms with Crippen LogP contribution in [0.3, 0.4) is 0 Å². The van der Waals surface area contributed by atoms with E-state index in [2.05, 4.69) is 12.2 Å². The van der Waals surface area contributed by atoms with Crippen molar-refractivity contribution in [3.05, 3.63) is 29.8 Å². The topological polar surface area (TPSA) is 93.4 Å². The molecule has 3 amide bonds. The molecule has 0 heterocycles. The van der Waals surface area contributed by atoms with E-state index < -0.39 is 11.9 Å². The van der Waals surface area contributed by atoms with E-state index in [0.717, 1.165) is 11.5 Å². The molecule has 1 saturated carbocycles. The van der Waals surface area contributed by atoms with Gasteiger partial charge >= 0.3 is 6.03 Å². The Labute approximate surface area is 149 Å². The highest BCUT2D eigenvalue weighted by Crippen LogP contribution is 2.27.